The Hall–Kier alpha value is -1.94. The number of amides is 2. The minimum atomic E-state index is -3.80. The average Bonchev–Trinajstić information content (AvgIpc) is 3.16. The zero-order valence-electron chi connectivity index (χ0n) is 14.5. The SMILES string of the molecule is COCCNC(=O)C(=O)NCC(c1cccs1)S(=O)(=O)c1ccc(Cl)cc1. The van der Waals surface area contributed by atoms with Gasteiger partial charge in [0.1, 0.15) is 5.25 Å². The van der Waals surface area contributed by atoms with Crippen molar-refractivity contribution in [2.75, 3.05) is 26.8 Å². The number of thiophene rings is 1. The van der Waals surface area contributed by atoms with E-state index in [2.05, 4.69) is 10.6 Å². The van der Waals surface area contributed by atoms with Crippen molar-refractivity contribution < 1.29 is 22.7 Å². The van der Waals surface area contributed by atoms with Crippen molar-refractivity contribution in [1.29, 1.82) is 0 Å². The van der Waals surface area contributed by atoms with Crippen molar-refractivity contribution in [3.63, 3.8) is 0 Å². The normalized spacial score (nSPS) is 12.4. The van der Waals surface area contributed by atoms with Gasteiger partial charge in [-0.3, -0.25) is 9.59 Å². The molecule has 0 aliphatic heterocycles. The number of nitrogens with one attached hydrogen (secondary N) is 2. The Labute approximate surface area is 166 Å². The molecule has 2 amide bonds. The van der Waals surface area contributed by atoms with Crippen LogP contribution >= 0.6 is 22.9 Å². The van der Waals surface area contributed by atoms with E-state index in [1.165, 1.54) is 42.7 Å². The van der Waals surface area contributed by atoms with E-state index in [-0.39, 0.29) is 24.6 Å². The van der Waals surface area contributed by atoms with Crippen LogP contribution in [-0.2, 0) is 24.2 Å². The summed E-state index contributed by atoms with van der Waals surface area (Å²) in [6.45, 7) is 0.212. The molecule has 2 aromatic rings. The highest BCUT2D eigenvalue weighted by molar-refractivity contribution is 7.91. The van der Waals surface area contributed by atoms with Crippen molar-refractivity contribution in [3.05, 3.63) is 51.7 Å². The van der Waals surface area contributed by atoms with E-state index in [1.54, 1.807) is 17.5 Å². The van der Waals surface area contributed by atoms with Gasteiger partial charge < -0.3 is 15.4 Å². The van der Waals surface area contributed by atoms with Gasteiger partial charge in [-0.2, -0.15) is 0 Å². The van der Waals surface area contributed by atoms with Gasteiger partial charge in [-0.15, -0.1) is 11.3 Å². The summed E-state index contributed by atoms with van der Waals surface area (Å²) in [6, 6.07) is 9.20. The number of sulfone groups is 1. The minimum Gasteiger partial charge on any atom is -0.383 e. The van der Waals surface area contributed by atoms with E-state index in [9.17, 15) is 18.0 Å². The standard InChI is InChI=1S/C17H19ClN2O5S2/c1-25-9-8-19-16(21)17(22)20-11-15(14-3-2-10-26-14)27(23,24)13-6-4-12(18)5-7-13/h2-7,10,15H,8-9,11H2,1H3,(H,19,21)(H,20,22). The topological polar surface area (TPSA) is 102 Å². The number of hydrogen-bond acceptors (Lipinski definition) is 6. The average molecular weight is 431 g/mol. The first-order valence-corrected chi connectivity index (χ1v) is 10.7. The second-order valence-corrected chi connectivity index (χ2v) is 9.01. The maximum atomic E-state index is 13.0. The Morgan fingerprint density at radius 3 is 2.41 bits per heavy atom. The van der Waals surface area contributed by atoms with Crippen LogP contribution in [0.3, 0.4) is 0 Å². The molecule has 0 saturated carbocycles. The second kappa shape index (κ2) is 9.84. The Kier molecular flexibility index (Phi) is 7.78. The van der Waals surface area contributed by atoms with Gasteiger partial charge in [0.2, 0.25) is 0 Å². The lowest BCUT2D eigenvalue weighted by molar-refractivity contribution is -0.139. The number of hydrogen-bond donors (Lipinski definition) is 2. The van der Waals surface area contributed by atoms with E-state index in [0.29, 0.717) is 9.90 Å². The summed E-state index contributed by atoms with van der Waals surface area (Å²) in [6.07, 6.45) is 0. The molecule has 2 rings (SSSR count). The van der Waals surface area contributed by atoms with Crippen LogP contribution in [0.1, 0.15) is 10.1 Å². The first kappa shape index (κ1) is 21.4. The molecule has 0 spiro atoms. The van der Waals surface area contributed by atoms with Gasteiger partial charge in [0.25, 0.3) is 0 Å². The van der Waals surface area contributed by atoms with Crippen molar-refractivity contribution >= 4 is 44.6 Å². The Balaban J connectivity index is 2.15. The number of benzene rings is 1. The molecule has 146 valence electrons. The van der Waals surface area contributed by atoms with Crippen LogP contribution < -0.4 is 10.6 Å². The van der Waals surface area contributed by atoms with E-state index in [1.807, 2.05) is 0 Å². The van der Waals surface area contributed by atoms with Crippen LogP contribution in [0.25, 0.3) is 0 Å². The fourth-order valence-corrected chi connectivity index (χ4v) is 5.15. The molecule has 27 heavy (non-hydrogen) atoms. The molecule has 1 atom stereocenters. The smallest absolute Gasteiger partial charge is 0.309 e. The molecule has 0 saturated heterocycles. The molecule has 1 unspecified atom stereocenters. The molecule has 7 nitrogen and oxygen atoms in total. The number of carbonyl (C=O) groups is 2. The van der Waals surface area contributed by atoms with Crippen molar-refractivity contribution in [2.24, 2.45) is 0 Å². The van der Waals surface area contributed by atoms with E-state index in [4.69, 9.17) is 16.3 Å². The third kappa shape index (κ3) is 5.77. The van der Waals surface area contributed by atoms with Gasteiger partial charge in [0.15, 0.2) is 9.84 Å². The highest BCUT2D eigenvalue weighted by Gasteiger charge is 2.31. The monoisotopic (exact) mass is 430 g/mol. The number of rotatable bonds is 8. The van der Waals surface area contributed by atoms with E-state index in [0.717, 1.165) is 0 Å². The minimum absolute atomic E-state index is 0.0871. The zero-order valence-corrected chi connectivity index (χ0v) is 16.9. The first-order chi connectivity index (χ1) is 12.9. The van der Waals surface area contributed by atoms with Gasteiger partial charge in [-0.25, -0.2) is 8.42 Å². The molecular weight excluding hydrogens is 412 g/mol. The Morgan fingerprint density at radius 1 is 1.15 bits per heavy atom. The van der Waals surface area contributed by atoms with Gasteiger partial charge in [0, 0.05) is 30.1 Å². The number of carbonyl (C=O) groups excluding carboxylic acids is 2. The highest BCUT2D eigenvalue weighted by Crippen LogP contribution is 2.31. The number of halogens is 1. The summed E-state index contributed by atoms with van der Waals surface area (Å²) in [5.41, 5.74) is 0. The molecule has 0 aliphatic carbocycles. The Bertz CT molecular complexity index is 867. The van der Waals surface area contributed by atoms with Crippen LogP contribution in [0.2, 0.25) is 5.02 Å². The predicted octanol–water partition coefficient (Wildman–Crippen LogP) is 1.80. The fraction of sp³-hybridized carbons (Fsp3) is 0.294. The zero-order chi connectivity index (χ0) is 19.9. The fourth-order valence-electron chi connectivity index (χ4n) is 2.24. The molecule has 0 radical (unpaired) electrons. The van der Waals surface area contributed by atoms with E-state index < -0.39 is 26.9 Å². The lowest BCUT2D eigenvalue weighted by Crippen LogP contribution is -2.43. The van der Waals surface area contributed by atoms with Gasteiger partial charge in [0.05, 0.1) is 11.5 Å². The van der Waals surface area contributed by atoms with Crippen LogP contribution in [0.5, 0.6) is 0 Å². The number of ether oxygens (including phenoxy) is 1. The maximum Gasteiger partial charge on any atom is 0.309 e. The molecule has 0 aliphatic rings. The summed E-state index contributed by atoms with van der Waals surface area (Å²) < 4.78 is 30.8. The molecular formula is C17H19ClN2O5S2. The van der Waals surface area contributed by atoms with Crippen molar-refractivity contribution in [3.8, 4) is 0 Å². The Morgan fingerprint density at radius 2 is 1.81 bits per heavy atom. The van der Waals surface area contributed by atoms with E-state index >= 15 is 0 Å². The summed E-state index contributed by atoms with van der Waals surface area (Å²) in [4.78, 5) is 24.3. The third-order valence-corrected chi connectivity index (χ3v) is 7.11. The lowest BCUT2D eigenvalue weighted by atomic mass is 10.3. The van der Waals surface area contributed by atoms with Gasteiger partial charge >= 0.3 is 11.8 Å². The van der Waals surface area contributed by atoms with Gasteiger partial charge in [-0.1, -0.05) is 17.7 Å². The molecule has 2 N–H and O–H groups in total. The molecule has 1 heterocycles. The van der Waals surface area contributed by atoms with Crippen LogP contribution in [0, 0.1) is 0 Å². The molecule has 0 fully saturated rings. The van der Waals surface area contributed by atoms with Crippen LogP contribution in [-0.4, -0.2) is 47.0 Å². The molecule has 1 aromatic carbocycles. The summed E-state index contributed by atoms with van der Waals surface area (Å²) in [7, 11) is -2.33. The predicted molar refractivity (Wildman–Crippen MR) is 104 cm³/mol. The highest BCUT2D eigenvalue weighted by atomic mass is 35.5. The quantitative estimate of drug-likeness (QED) is 0.491. The molecule has 10 heteroatoms. The second-order valence-electron chi connectivity index (χ2n) is 5.46. The first-order valence-electron chi connectivity index (χ1n) is 7.94. The maximum absolute atomic E-state index is 13.0. The van der Waals surface area contributed by atoms with Crippen molar-refractivity contribution in [1.82, 2.24) is 10.6 Å². The molecule has 1 aromatic heterocycles. The number of methoxy groups -OCH3 is 1. The summed E-state index contributed by atoms with van der Waals surface area (Å²) in [5, 5.41) is 5.92. The third-order valence-electron chi connectivity index (χ3n) is 3.62. The summed E-state index contributed by atoms with van der Waals surface area (Å²) >= 11 is 7.09. The van der Waals surface area contributed by atoms with Crippen LogP contribution in [0.15, 0.2) is 46.7 Å². The molecule has 0 bridgehead atoms. The van der Waals surface area contributed by atoms with Crippen LogP contribution in [0.4, 0.5) is 0 Å². The van der Waals surface area contributed by atoms with Crippen molar-refractivity contribution in [2.45, 2.75) is 10.1 Å². The largest absolute Gasteiger partial charge is 0.383 e. The van der Waals surface area contributed by atoms with Gasteiger partial charge in [-0.05, 0) is 35.7 Å². The lowest BCUT2D eigenvalue weighted by Gasteiger charge is -2.17. The summed E-state index contributed by atoms with van der Waals surface area (Å²) in [5.74, 6) is -1.75.